The molecule has 0 spiro atoms. The molecular formula is C21H17Br2Cl2NO. The molecule has 0 unspecified atom stereocenters. The summed E-state index contributed by atoms with van der Waals surface area (Å²) in [6, 6.07) is 17.7. The molecule has 3 aromatic carbocycles. The van der Waals surface area contributed by atoms with Crippen molar-refractivity contribution in [3.05, 3.63) is 90.3 Å². The van der Waals surface area contributed by atoms with Crippen molar-refractivity contribution in [1.29, 1.82) is 0 Å². The van der Waals surface area contributed by atoms with Crippen LogP contribution in [0.3, 0.4) is 0 Å². The van der Waals surface area contributed by atoms with Gasteiger partial charge in [0.05, 0.1) is 4.47 Å². The summed E-state index contributed by atoms with van der Waals surface area (Å²) in [4.78, 5) is 0. The smallest absolute Gasteiger partial charge is 0.134 e. The van der Waals surface area contributed by atoms with Gasteiger partial charge < -0.3 is 10.1 Å². The lowest BCUT2D eigenvalue weighted by atomic mass is 10.1. The largest absolute Gasteiger partial charge is 0.488 e. The molecule has 0 bridgehead atoms. The molecule has 0 fully saturated rings. The summed E-state index contributed by atoms with van der Waals surface area (Å²) in [6.07, 6.45) is 0. The van der Waals surface area contributed by atoms with Crippen molar-refractivity contribution in [3.63, 3.8) is 0 Å². The van der Waals surface area contributed by atoms with Crippen LogP contribution in [0.15, 0.2) is 63.5 Å². The van der Waals surface area contributed by atoms with Crippen LogP contribution in [0, 0.1) is 6.92 Å². The molecule has 140 valence electrons. The van der Waals surface area contributed by atoms with E-state index in [1.54, 1.807) is 12.1 Å². The van der Waals surface area contributed by atoms with Crippen LogP contribution < -0.4 is 10.1 Å². The Balaban J connectivity index is 1.63. The first-order valence-corrected chi connectivity index (χ1v) is 10.6. The molecule has 0 radical (unpaired) electrons. The van der Waals surface area contributed by atoms with Gasteiger partial charge in [0, 0.05) is 32.3 Å². The Morgan fingerprint density at radius 3 is 2.48 bits per heavy atom. The Morgan fingerprint density at radius 2 is 1.78 bits per heavy atom. The van der Waals surface area contributed by atoms with Crippen molar-refractivity contribution < 1.29 is 4.74 Å². The van der Waals surface area contributed by atoms with E-state index in [1.165, 1.54) is 5.56 Å². The van der Waals surface area contributed by atoms with E-state index in [4.69, 9.17) is 27.9 Å². The van der Waals surface area contributed by atoms with Gasteiger partial charge in [-0.05, 0) is 76.4 Å². The lowest BCUT2D eigenvalue weighted by Crippen LogP contribution is -2.02. The van der Waals surface area contributed by atoms with E-state index in [2.05, 4.69) is 62.3 Å². The SMILES string of the molecule is Cc1cc(Br)ccc1NCc1ccc(OCc2ccc(Cl)cc2Cl)c(Br)c1. The molecule has 0 aliphatic heterocycles. The fourth-order valence-corrected chi connectivity index (χ4v) is 4.07. The van der Waals surface area contributed by atoms with Crippen LogP contribution in [0.1, 0.15) is 16.7 Å². The van der Waals surface area contributed by atoms with Gasteiger partial charge in [-0.25, -0.2) is 0 Å². The van der Waals surface area contributed by atoms with Crippen molar-refractivity contribution in [2.24, 2.45) is 0 Å². The van der Waals surface area contributed by atoms with Crippen LogP contribution in [0.2, 0.25) is 10.0 Å². The van der Waals surface area contributed by atoms with Gasteiger partial charge in [-0.1, -0.05) is 51.3 Å². The molecule has 0 aliphatic carbocycles. The summed E-state index contributed by atoms with van der Waals surface area (Å²) < 4.78 is 7.88. The van der Waals surface area contributed by atoms with Crippen molar-refractivity contribution in [2.75, 3.05) is 5.32 Å². The second kappa shape index (κ2) is 9.33. The van der Waals surface area contributed by atoms with Crippen LogP contribution >= 0.6 is 55.1 Å². The molecule has 0 aliphatic rings. The molecule has 3 aromatic rings. The minimum Gasteiger partial charge on any atom is -0.488 e. The first-order chi connectivity index (χ1) is 12.9. The van der Waals surface area contributed by atoms with E-state index < -0.39 is 0 Å². The third kappa shape index (κ3) is 5.64. The highest BCUT2D eigenvalue weighted by Gasteiger charge is 2.07. The second-order valence-electron chi connectivity index (χ2n) is 6.10. The third-order valence-electron chi connectivity index (χ3n) is 4.07. The Labute approximate surface area is 186 Å². The summed E-state index contributed by atoms with van der Waals surface area (Å²) in [7, 11) is 0. The number of nitrogens with one attached hydrogen (secondary N) is 1. The van der Waals surface area contributed by atoms with E-state index in [0.717, 1.165) is 38.1 Å². The van der Waals surface area contributed by atoms with Gasteiger partial charge in [-0.2, -0.15) is 0 Å². The average molecular weight is 530 g/mol. The summed E-state index contributed by atoms with van der Waals surface area (Å²) in [5.41, 5.74) is 4.36. The van der Waals surface area contributed by atoms with Crippen molar-refractivity contribution in [3.8, 4) is 5.75 Å². The number of aryl methyl sites for hydroxylation is 1. The number of anilines is 1. The number of hydrogen-bond donors (Lipinski definition) is 1. The number of benzene rings is 3. The molecule has 0 saturated carbocycles. The summed E-state index contributed by atoms with van der Waals surface area (Å²) in [5, 5.41) is 4.68. The van der Waals surface area contributed by atoms with Gasteiger partial charge in [-0.3, -0.25) is 0 Å². The van der Waals surface area contributed by atoms with Gasteiger partial charge in [0.25, 0.3) is 0 Å². The van der Waals surface area contributed by atoms with Crippen LogP contribution in [0.25, 0.3) is 0 Å². The maximum Gasteiger partial charge on any atom is 0.134 e. The molecule has 3 rings (SSSR count). The normalized spacial score (nSPS) is 10.7. The quantitative estimate of drug-likeness (QED) is 0.349. The first kappa shape index (κ1) is 20.5. The van der Waals surface area contributed by atoms with Crippen LogP contribution in [0.4, 0.5) is 5.69 Å². The fourth-order valence-electron chi connectivity index (χ4n) is 2.59. The average Bonchev–Trinajstić information content (AvgIpc) is 2.61. The lowest BCUT2D eigenvalue weighted by Gasteiger charge is -2.13. The predicted octanol–water partition coefficient (Wildman–Crippen LogP) is 8.02. The van der Waals surface area contributed by atoms with Crippen LogP contribution in [0.5, 0.6) is 5.75 Å². The highest BCUT2D eigenvalue weighted by atomic mass is 79.9. The summed E-state index contributed by atoms with van der Waals surface area (Å²) >= 11 is 19.2. The highest BCUT2D eigenvalue weighted by molar-refractivity contribution is 9.10. The van der Waals surface area contributed by atoms with Gasteiger partial charge >= 0.3 is 0 Å². The Hall–Kier alpha value is -1.20. The zero-order valence-corrected chi connectivity index (χ0v) is 19.2. The zero-order chi connectivity index (χ0) is 19.4. The molecule has 0 aromatic heterocycles. The minimum absolute atomic E-state index is 0.379. The van der Waals surface area contributed by atoms with Gasteiger partial charge in [-0.15, -0.1) is 0 Å². The Kier molecular flexibility index (Phi) is 7.10. The third-order valence-corrected chi connectivity index (χ3v) is 5.77. The van der Waals surface area contributed by atoms with Gasteiger partial charge in [0.1, 0.15) is 12.4 Å². The monoisotopic (exact) mass is 527 g/mol. The van der Waals surface area contributed by atoms with E-state index in [9.17, 15) is 0 Å². The Bertz CT molecular complexity index is 963. The lowest BCUT2D eigenvalue weighted by molar-refractivity contribution is 0.304. The maximum atomic E-state index is 6.20. The fraction of sp³-hybridized carbons (Fsp3) is 0.143. The van der Waals surface area contributed by atoms with Gasteiger partial charge in [0.15, 0.2) is 0 Å². The summed E-state index contributed by atoms with van der Waals surface area (Å²) in [6.45, 7) is 3.19. The van der Waals surface area contributed by atoms with Crippen molar-refractivity contribution in [1.82, 2.24) is 0 Å². The van der Waals surface area contributed by atoms with Gasteiger partial charge in [0.2, 0.25) is 0 Å². The first-order valence-electron chi connectivity index (χ1n) is 8.27. The molecule has 2 nitrogen and oxygen atoms in total. The molecule has 0 amide bonds. The van der Waals surface area contributed by atoms with Crippen LogP contribution in [-0.2, 0) is 13.2 Å². The standard InChI is InChI=1S/C21H17Br2Cl2NO/c1-13-8-16(22)4-6-20(13)26-11-14-2-7-21(18(23)9-14)27-12-15-3-5-17(24)10-19(15)25/h2-10,26H,11-12H2,1H3. The predicted molar refractivity (Wildman–Crippen MR) is 121 cm³/mol. The van der Waals surface area contributed by atoms with E-state index in [-0.39, 0.29) is 0 Å². The number of hydrogen-bond acceptors (Lipinski definition) is 2. The Morgan fingerprint density at radius 1 is 0.963 bits per heavy atom. The maximum absolute atomic E-state index is 6.20. The molecule has 0 heterocycles. The molecule has 0 saturated heterocycles. The minimum atomic E-state index is 0.379. The topological polar surface area (TPSA) is 21.3 Å². The number of halogens is 4. The second-order valence-corrected chi connectivity index (χ2v) is 8.72. The van der Waals surface area contributed by atoms with Crippen LogP contribution in [-0.4, -0.2) is 0 Å². The number of rotatable bonds is 6. The highest BCUT2D eigenvalue weighted by Crippen LogP contribution is 2.29. The molecule has 6 heteroatoms. The van der Waals surface area contributed by atoms with Crippen molar-refractivity contribution in [2.45, 2.75) is 20.1 Å². The van der Waals surface area contributed by atoms with E-state index in [0.29, 0.717) is 16.7 Å². The molecule has 0 atom stereocenters. The molecule has 1 N–H and O–H groups in total. The van der Waals surface area contributed by atoms with E-state index in [1.807, 2.05) is 24.3 Å². The van der Waals surface area contributed by atoms with E-state index >= 15 is 0 Å². The summed E-state index contributed by atoms with van der Waals surface area (Å²) in [5.74, 6) is 0.768. The number of ether oxygens (including phenoxy) is 1. The molecular weight excluding hydrogens is 513 g/mol. The molecule has 27 heavy (non-hydrogen) atoms. The zero-order valence-electron chi connectivity index (χ0n) is 14.5. The van der Waals surface area contributed by atoms with Crippen molar-refractivity contribution >= 4 is 60.7 Å².